The average molecular weight is 200 g/mol. The minimum Gasteiger partial charge on any atom is -0.444 e. The van der Waals surface area contributed by atoms with Crippen LogP contribution in [0.25, 0.3) is 0 Å². The first-order valence-electron chi connectivity index (χ1n) is 5.10. The summed E-state index contributed by atoms with van der Waals surface area (Å²) in [4.78, 5) is 11.4. The highest BCUT2D eigenvalue weighted by Gasteiger charge is 2.24. The minimum absolute atomic E-state index is 0.208. The zero-order valence-corrected chi connectivity index (χ0v) is 9.39. The summed E-state index contributed by atoms with van der Waals surface area (Å²) in [6.45, 7) is 8.53. The van der Waals surface area contributed by atoms with E-state index in [2.05, 4.69) is 17.6 Å². The minimum atomic E-state index is -0.415. The lowest BCUT2D eigenvalue weighted by Gasteiger charge is -2.21. The first-order valence-corrected chi connectivity index (χ1v) is 5.10. The van der Waals surface area contributed by atoms with Gasteiger partial charge in [-0.25, -0.2) is 4.79 Å². The molecule has 1 aliphatic heterocycles. The summed E-state index contributed by atoms with van der Waals surface area (Å²) in [5.74, 6) is 0. The highest BCUT2D eigenvalue weighted by Crippen LogP contribution is 2.09. The quantitative estimate of drug-likeness (QED) is 0.670. The monoisotopic (exact) mass is 200 g/mol. The Balaban J connectivity index is 2.27. The van der Waals surface area contributed by atoms with Gasteiger partial charge in [-0.2, -0.15) is 0 Å². The lowest BCUT2D eigenvalue weighted by Crippen LogP contribution is -2.40. The van der Waals surface area contributed by atoms with E-state index in [-0.39, 0.29) is 12.1 Å². The van der Waals surface area contributed by atoms with Gasteiger partial charge < -0.3 is 15.4 Å². The number of rotatable bonds is 1. The molecule has 0 bridgehead atoms. The van der Waals surface area contributed by atoms with Crippen molar-refractivity contribution < 1.29 is 9.53 Å². The van der Waals surface area contributed by atoms with Gasteiger partial charge in [-0.15, -0.1) is 0 Å². The summed E-state index contributed by atoms with van der Waals surface area (Å²) in [5.41, 5.74) is -0.415. The lowest BCUT2D eigenvalue weighted by molar-refractivity contribution is 0.0508. The molecule has 0 aromatic rings. The maximum Gasteiger partial charge on any atom is 0.407 e. The summed E-state index contributed by atoms with van der Waals surface area (Å²) in [6, 6.07) is 0.690. The lowest BCUT2D eigenvalue weighted by atomic mass is 10.2. The van der Waals surface area contributed by atoms with Crippen molar-refractivity contribution in [3.05, 3.63) is 0 Å². The number of hydrogen-bond acceptors (Lipinski definition) is 3. The standard InChI is InChI=1S/C10H20N2O2/c1-7-5-8(6-11-7)12-9(13)14-10(2,3)4/h7-8,11H,5-6H2,1-4H3,(H,12,13)/t7-,8-/m0/s1. The zero-order chi connectivity index (χ0) is 10.8. The van der Waals surface area contributed by atoms with Crippen LogP contribution in [0.1, 0.15) is 34.1 Å². The third-order valence-corrected chi connectivity index (χ3v) is 2.07. The second kappa shape index (κ2) is 4.17. The van der Waals surface area contributed by atoms with E-state index < -0.39 is 5.60 Å². The third-order valence-electron chi connectivity index (χ3n) is 2.07. The molecule has 1 amide bonds. The van der Waals surface area contributed by atoms with Crippen molar-refractivity contribution in [2.75, 3.05) is 6.54 Å². The Hall–Kier alpha value is -0.770. The van der Waals surface area contributed by atoms with Gasteiger partial charge in [0.15, 0.2) is 0 Å². The molecule has 1 aliphatic rings. The van der Waals surface area contributed by atoms with Gasteiger partial charge in [0.2, 0.25) is 0 Å². The molecular weight excluding hydrogens is 180 g/mol. The Morgan fingerprint density at radius 1 is 1.50 bits per heavy atom. The summed E-state index contributed by atoms with van der Waals surface area (Å²) in [6.07, 6.45) is 0.651. The van der Waals surface area contributed by atoms with Gasteiger partial charge in [-0.3, -0.25) is 0 Å². The molecule has 0 aromatic carbocycles. The number of amides is 1. The van der Waals surface area contributed by atoms with Crippen molar-refractivity contribution in [1.82, 2.24) is 10.6 Å². The molecule has 2 atom stereocenters. The van der Waals surface area contributed by atoms with E-state index >= 15 is 0 Å². The smallest absolute Gasteiger partial charge is 0.407 e. The molecule has 0 unspecified atom stereocenters. The van der Waals surface area contributed by atoms with Gasteiger partial charge in [-0.05, 0) is 34.1 Å². The van der Waals surface area contributed by atoms with Crippen LogP contribution in [-0.2, 0) is 4.74 Å². The Kier molecular flexibility index (Phi) is 3.37. The van der Waals surface area contributed by atoms with Crippen LogP contribution in [0.4, 0.5) is 4.79 Å². The van der Waals surface area contributed by atoms with Gasteiger partial charge in [0, 0.05) is 18.6 Å². The molecule has 82 valence electrons. The SMILES string of the molecule is C[C@H]1C[C@H](NC(=O)OC(C)(C)C)CN1. The fourth-order valence-corrected chi connectivity index (χ4v) is 1.52. The van der Waals surface area contributed by atoms with E-state index in [1.54, 1.807) is 0 Å². The molecule has 1 heterocycles. The Labute approximate surface area is 85.4 Å². The summed E-state index contributed by atoms with van der Waals surface area (Å²) < 4.78 is 5.16. The molecule has 4 nitrogen and oxygen atoms in total. The van der Waals surface area contributed by atoms with Gasteiger partial charge in [-0.1, -0.05) is 0 Å². The molecule has 2 N–H and O–H groups in total. The number of nitrogens with one attached hydrogen (secondary N) is 2. The molecule has 1 rings (SSSR count). The molecule has 14 heavy (non-hydrogen) atoms. The number of ether oxygens (including phenoxy) is 1. The summed E-state index contributed by atoms with van der Waals surface area (Å²) in [7, 11) is 0. The summed E-state index contributed by atoms with van der Waals surface area (Å²) >= 11 is 0. The second-order valence-electron chi connectivity index (χ2n) is 4.89. The first-order chi connectivity index (χ1) is 6.37. The maximum absolute atomic E-state index is 11.4. The molecular formula is C10H20N2O2. The van der Waals surface area contributed by atoms with Crippen molar-refractivity contribution in [2.45, 2.75) is 51.8 Å². The van der Waals surface area contributed by atoms with Gasteiger partial charge >= 0.3 is 6.09 Å². The third kappa shape index (κ3) is 3.96. The Bertz CT molecular complexity index is 211. The van der Waals surface area contributed by atoms with Gasteiger partial charge in [0.1, 0.15) is 5.60 Å². The van der Waals surface area contributed by atoms with Crippen molar-refractivity contribution in [3.8, 4) is 0 Å². The molecule has 0 radical (unpaired) electrons. The highest BCUT2D eigenvalue weighted by molar-refractivity contribution is 5.68. The van der Waals surface area contributed by atoms with Crippen LogP contribution in [-0.4, -0.2) is 30.3 Å². The topological polar surface area (TPSA) is 50.4 Å². The van der Waals surface area contributed by atoms with Crippen LogP contribution >= 0.6 is 0 Å². The largest absolute Gasteiger partial charge is 0.444 e. The highest BCUT2D eigenvalue weighted by atomic mass is 16.6. The van der Waals surface area contributed by atoms with Gasteiger partial charge in [0.25, 0.3) is 0 Å². The first kappa shape index (κ1) is 11.3. The second-order valence-corrected chi connectivity index (χ2v) is 4.89. The molecule has 1 saturated heterocycles. The van der Waals surface area contributed by atoms with E-state index in [1.165, 1.54) is 0 Å². The van der Waals surface area contributed by atoms with E-state index in [1.807, 2.05) is 20.8 Å². The molecule has 0 saturated carbocycles. The number of hydrogen-bond donors (Lipinski definition) is 2. The molecule has 1 fully saturated rings. The van der Waals surface area contributed by atoms with Crippen molar-refractivity contribution in [2.24, 2.45) is 0 Å². The number of carbonyl (C=O) groups is 1. The fourth-order valence-electron chi connectivity index (χ4n) is 1.52. The fraction of sp³-hybridized carbons (Fsp3) is 0.900. The predicted molar refractivity (Wildman–Crippen MR) is 55.2 cm³/mol. The average Bonchev–Trinajstić information content (AvgIpc) is 2.30. The predicted octanol–water partition coefficient (Wildman–Crippen LogP) is 1.26. The molecule has 4 heteroatoms. The van der Waals surface area contributed by atoms with E-state index in [4.69, 9.17) is 4.74 Å². The van der Waals surface area contributed by atoms with Crippen LogP contribution in [0, 0.1) is 0 Å². The molecule has 0 aromatic heterocycles. The van der Waals surface area contributed by atoms with Crippen LogP contribution in [0.2, 0.25) is 0 Å². The molecule has 0 aliphatic carbocycles. The van der Waals surface area contributed by atoms with Crippen LogP contribution < -0.4 is 10.6 Å². The number of alkyl carbamates (subject to hydrolysis) is 1. The van der Waals surface area contributed by atoms with Gasteiger partial charge in [0.05, 0.1) is 0 Å². The Morgan fingerprint density at radius 2 is 2.14 bits per heavy atom. The van der Waals surface area contributed by atoms with Crippen LogP contribution in [0.3, 0.4) is 0 Å². The van der Waals surface area contributed by atoms with Crippen LogP contribution in [0.15, 0.2) is 0 Å². The van der Waals surface area contributed by atoms with Crippen molar-refractivity contribution >= 4 is 6.09 Å². The van der Waals surface area contributed by atoms with Crippen LogP contribution in [0.5, 0.6) is 0 Å². The molecule has 0 spiro atoms. The van der Waals surface area contributed by atoms with Crippen molar-refractivity contribution in [3.63, 3.8) is 0 Å². The normalized spacial score (nSPS) is 27.4. The Morgan fingerprint density at radius 3 is 2.57 bits per heavy atom. The summed E-state index contributed by atoms with van der Waals surface area (Å²) in [5, 5.41) is 6.11. The zero-order valence-electron chi connectivity index (χ0n) is 9.39. The maximum atomic E-state index is 11.4. The number of carbonyl (C=O) groups excluding carboxylic acids is 1. The van der Waals surface area contributed by atoms with E-state index in [9.17, 15) is 4.79 Å². The van der Waals surface area contributed by atoms with E-state index in [0.717, 1.165) is 13.0 Å². The van der Waals surface area contributed by atoms with E-state index in [0.29, 0.717) is 6.04 Å². The van der Waals surface area contributed by atoms with Crippen molar-refractivity contribution in [1.29, 1.82) is 0 Å².